The van der Waals surface area contributed by atoms with Gasteiger partial charge in [-0.3, -0.25) is 9.69 Å². The van der Waals surface area contributed by atoms with Gasteiger partial charge in [-0.25, -0.2) is 4.39 Å². The molecule has 3 aromatic rings. The zero-order chi connectivity index (χ0) is 21.8. The fraction of sp³-hybridized carbons (Fsp3) is 0.261. The number of piperazine rings is 1. The van der Waals surface area contributed by atoms with Crippen molar-refractivity contribution in [1.29, 1.82) is 0 Å². The van der Waals surface area contributed by atoms with E-state index in [9.17, 15) is 9.18 Å². The number of rotatable bonds is 6. The van der Waals surface area contributed by atoms with Crippen LogP contribution >= 0.6 is 23.2 Å². The van der Waals surface area contributed by atoms with E-state index in [1.807, 2.05) is 12.1 Å². The lowest BCUT2D eigenvalue weighted by Crippen LogP contribution is -2.49. The highest BCUT2D eigenvalue weighted by Crippen LogP contribution is 2.25. The Hall–Kier alpha value is -2.54. The molecule has 0 radical (unpaired) electrons. The van der Waals surface area contributed by atoms with Gasteiger partial charge in [0.05, 0.1) is 12.3 Å². The van der Waals surface area contributed by atoms with Crippen LogP contribution in [0.1, 0.15) is 22.2 Å². The Balaban J connectivity index is 1.42. The van der Waals surface area contributed by atoms with Crippen molar-refractivity contribution in [2.75, 3.05) is 37.6 Å². The molecule has 162 valence electrons. The number of hydrogen-bond donors (Lipinski definition) is 1. The molecule has 1 atom stereocenters. The number of amides is 1. The Bertz CT molecular complexity index is 1000. The minimum atomic E-state index is -0.245. The van der Waals surface area contributed by atoms with E-state index in [1.165, 1.54) is 12.1 Å². The van der Waals surface area contributed by atoms with Crippen LogP contribution < -0.4 is 10.2 Å². The van der Waals surface area contributed by atoms with Crippen molar-refractivity contribution in [1.82, 2.24) is 10.2 Å². The molecule has 1 aliphatic heterocycles. The van der Waals surface area contributed by atoms with Crippen LogP contribution in [0.2, 0.25) is 10.0 Å². The third-order valence-electron chi connectivity index (χ3n) is 5.40. The van der Waals surface area contributed by atoms with Gasteiger partial charge < -0.3 is 14.6 Å². The molecule has 2 heterocycles. The van der Waals surface area contributed by atoms with Crippen LogP contribution in [0.15, 0.2) is 65.3 Å². The van der Waals surface area contributed by atoms with Crippen molar-refractivity contribution in [3.8, 4) is 0 Å². The number of carbonyl (C=O) groups is 1. The van der Waals surface area contributed by atoms with Crippen LogP contribution in [0.5, 0.6) is 0 Å². The maximum Gasteiger partial charge on any atom is 0.251 e. The van der Waals surface area contributed by atoms with Crippen LogP contribution in [0.25, 0.3) is 0 Å². The molecule has 1 saturated heterocycles. The average molecular weight is 462 g/mol. The summed E-state index contributed by atoms with van der Waals surface area (Å²) in [6.45, 7) is 3.53. The second-order valence-electron chi connectivity index (χ2n) is 7.40. The van der Waals surface area contributed by atoms with Gasteiger partial charge in [-0.1, -0.05) is 23.2 Å². The van der Waals surface area contributed by atoms with E-state index in [-0.39, 0.29) is 17.8 Å². The summed E-state index contributed by atoms with van der Waals surface area (Å²) < 4.78 is 18.9. The normalized spacial score (nSPS) is 15.6. The van der Waals surface area contributed by atoms with E-state index in [0.29, 0.717) is 22.2 Å². The fourth-order valence-electron chi connectivity index (χ4n) is 3.81. The average Bonchev–Trinajstić information content (AvgIpc) is 3.29. The van der Waals surface area contributed by atoms with Crippen molar-refractivity contribution in [2.24, 2.45) is 0 Å². The molecule has 1 aliphatic rings. The summed E-state index contributed by atoms with van der Waals surface area (Å²) in [6, 6.07) is 15.0. The molecule has 8 heteroatoms. The van der Waals surface area contributed by atoms with Crippen molar-refractivity contribution in [3.63, 3.8) is 0 Å². The van der Waals surface area contributed by atoms with Crippen molar-refractivity contribution in [2.45, 2.75) is 6.04 Å². The van der Waals surface area contributed by atoms with Crippen LogP contribution in [0.3, 0.4) is 0 Å². The quantitative estimate of drug-likeness (QED) is 0.559. The van der Waals surface area contributed by atoms with Gasteiger partial charge in [0.2, 0.25) is 0 Å². The lowest BCUT2D eigenvalue weighted by atomic mass is 10.1. The molecule has 1 N–H and O–H groups in total. The molecule has 0 bridgehead atoms. The summed E-state index contributed by atoms with van der Waals surface area (Å²) in [7, 11) is 0. The van der Waals surface area contributed by atoms with Gasteiger partial charge in [0.15, 0.2) is 0 Å². The molecular formula is C23H22Cl2FN3O2. The van der Waals surface area contributed by atoms with Crippen molar-refractivity contribution < 1.29 is 13.6 Å². The van der Waals surface area contributed by atoms with Gasteiger partial charge in [-0.15, -0.1) is 0 Å². The Labute approximate surface area is 190 Å². The predicted molar refractivity (Wildman–Crippen MR) is 120 cm³/mol. The summed E-state index contributed by atoms with van der Waals surface area (Å²) >= 11 is 12.0. The summed E-state index contributed by atoms with van der Waals surface area (Å²) in [5.74, 6) is 0.308. The topological polar surface area (TPSA) is 48.7 Å². The van der Waals surface area contributed by atoms with Gasteiger partial charge >= 0.3 is 0 Å². The first-order valence-electron chi connectivity index (χ1n) is 10.0. The first-order valence-corrected chi connectivity index (χ1v) is 10.8. The molecule has 5 nitrogen and oxygen atoms in total. The van der Waals surface area contributed by atoms with Crippen LogP contribution in [0, 0.1) is 5.82 Å². The highest BCUT2D eigenvalue weighted by molar-refractivity contribution is 6.35. The van der Waals surface area contributed by atoms with Crippen LogP contribution in [-0.2, 0) is 0 Å². The summed E-state index contributed by atoms with van der Waals surface area (Å²) in [5, 5.41) is 3.80. The number of halogens is 3. The first-order chi connectivity index (χ1) is 15.0. The number of furan rings is 1. The summed E-state index contributed by atoms with van der Waals surface area (Å²) in [6.07, 6.45) is 1.63. The molecule has 2 aromatic carbocycles. The van der Waals surface area contributed by atoms with E-state index in [2.05, 4.69) is 15.1 Å². The lowest BCUT2D eigenvalue weighted by Gasteiger charge is -2.39. The third kappa shape index (κ3) is 5.39. The zero-order valence-electron chi connectivity index (χ0n) is 16.7. The molecule has 4 rings (SSSR count). The fourth-order valence-corrected chi connectivity index (χ4v) is 4.34. The second kappa shape index (κ2) is 9.73. The summed E-state index contributed by atoms with van der Waals surface area (Å²) in [5.41, 5.74) is 1.42. The molecule has 31 heavy (non-hydrogen) atoms. The molecule has 0 aliphatic carbocycles. The largest absolute Gasteiger partial charge is 0.468 e. The smallest absolute Gasteiger partial charge is 0.251 e. The molecule has 1 fully saturated rings. The highest BCUT2D eigenvalue weighted by Gasteiger charge is 2.27. The maximum atomic E-state index is 13.2. The zero-order valence-corrected chi connectivity index (χ0v) is 18.2. The van der Waals surface area contributed by atoms with Gasteiger partial charge in [0.25, 0.3) is 5.91 Å². The van der Waals surface area contributed by atoms with E-state index >= 15 is 0 Å². The second-order valence-corrected chi connectivity index (χ2v) is 8.27. The first kappa shape index (κ1) is 21.7. The maximum absolute atomic E-state index is 13.2. The monoisotopic (exact) mass is 461 g/mol. The van der Waals surface area contributed by atoms with Gasteiger partial charge in [-0.05, 0) is 54.6 Å². The van der Waals surface area contributed by atoms with Gasteiger partial charge in [0, 0.05) is 54.0 Å². The number of anilines is 1. The van der Waals surface area contributed by atoms with Crippen molar-refractivity contribution >= 4 is 34.8 Å². The minimum absolute atomic E-state index is 0.107. The number of benzene rings is 2. The third-order valence-corrected chi connectivity index (χ3v) is 5.84. The van der Waals surface area contributed by atoms with Gasteiger partial charge in [-0.2, -0.15) is 0 Å². The number of nitrogens with one attached hydrogen (secondary N) is 1. The molecule has 1 amide bonds. The van der Waals surface area contributed by atoms with Crippen molar-refractivity contribution in [3.05, 3.63) is 88.0 Å². The molecule has 0 spiro atoms. The Morgan fingerprint density at radius 3 is 2.32 bits per heavy atom. The number of carbonyl (C=O) groups excluding carboxylic acids is 1. The summed E-state index contributed by atoms with van der Waals surface area (Å²) in [4.78, 5) is 17.2. The molecule has 0 saturated carbocycles. The highest BCUT2D eigenvalue weighted by atomic mass is 35.5. The van der Waals surface area contributed by atoms with E-state index < -0.39 is 0 Å². The Morgan fingerprint density at radius 2 is 1.71 bits per heavy atom. The van der Waals surface area contributed by atoms with Crippen LogP contribution in [-0.4, -0.2) is 43.5 Å². The number of hydrogen-bond acceptors (Lipinski definition) is 4. The minimum Gasteiger partial charge on any atom is -0.468 e. The number of nitrogens with zero attached hydrogens (tertiary/aromatic N) is 2. The molecule has 1 unspecified atom stereocenters. The SMILES string of the molecule is O=C(NCC(c1ccco1)N1CCN(c2ccc(F)cc2)CC1)c1cc(Cl)cc(Cl)c1. The Morgan fingerprint density at radius 1 is 1.03 bits per heavy atom. The molecular weight excluding hydrogens is 440 g/mol. The molecule has 1 aromatic heterocycles. The van der Waals surface area contributed by atoms with Gasteiger partial charge in [0.1, 0.15) is 11.6 Å². The van der Waals surface area contributed by atoms with E-state index in [0.717, 1.165) is 37.6 Å². The Kier molecular flexibility index (Phi) is 6.80. The lowest BCUT2D eigenvalue weighted by molar-refractivity contribution is 0.0923. The predicted octanol–water partition coefficient (Wildman–Crippen LogP) is 5.02. The van der Waals surface area contributed by atoms with E-state index in [1.54, 1.807) is 36.6 Å². The van der Waals surface area contributed by atoms with E-state index in [4.69, 9.17) is 27.6 Å². The van der Waals surface area contributed by atoms with Crippen LogP contribution in [0.4, 0.5) is 10.1 Å². The standard InChI is InChI=1S/C23H22Cl2FN3O2/c24-17-12-16(13-18(25)14-17)23(30)27-15-21(22-2-1-11-31-22)29-9-7-28(8-10-29)20-5-3-19(26)4-6-20/h1-6,11-14,21H,7-10,15H2,(H,27,30).